The van der Waals surface area contributed by atoms with Crippen LogP contribution >= 0.6 is 12.6 Å². The Hall–Kier alpha value is -0.790. The maximum Gasteiger partial charge on any atom is 0.364 e. The first-order valence-corrected chi connectivity index (χ1v) is 4.01. The lowest BCUT2D eigenvalue weighted by atomic mass is 10.3. The third kappa shape index (κ3) is 3.21. The van der Waals surface area contributed by atoms with E-state index in [1.165, 1.54) is 0 Å². The summed E-state index contributed by atoms with van der Waals surface area (Å²) in [5.74, 6) is -2.99. The highest BCUT2D eigenvalue weighted by Crippen LogP contribution is 2.07. The molecule has 0 spiro atoms. The van der Waals surface area contributed by atoms with Crippen molar-refractivity contribution in [3.63, 3.8) is 0 Å². The van der Waals surface area contributed by atoms with Crippen LogP contribution in [0.5, 0.6) is 0 Å². The Labute approximate surface area is 80.1 Å². The molecule has 0 saturated heterocycles. The normalized spacial score (nSPS) is 17.2. The number of hydrogen-bond donors (Lipinski definition) is 4. The molecule has 0 aliphatic heterocycles. The number of aliphatic hydroxyl groups excluding tert-OH is 1. The third-order valence-corrected chi connectivity index (χ3v) is 1.69. The molecule has 1 unspecified atom stereocenters. The number of nitrogens with two attached hydrogens (primary N) is 1. The molecular formula is C6H11NO5S. The first kappa shape index (κ1) is 12.2. The van der Waals surface area contributed by atoms with Gasteiger partial charge in [-0.3, -0.25) is 5.73 Å². The van der Waals surface area contributed by atoms with Crippen molar-refractivity contribution in [3.05, 3.63) is 0 Å². The number of hydrogen-bond acceptors (Lipinski definition) is 6. The number of carbonyl (C=O) groups excluding carboxylic acids is 1. The van der Waals surface area contributed by atoms with Crippen molar-refractivity contribution < 1.29 is 24.5 Å². The minimum absolute atomic E-state index is 0.374. The number of carboxylic acid groups (broad SMARTS) is 1. The zero-order valence-electron chi connectivity index (χ0n) is 6.93. The van der Waals surface area contributed by atoms with Crippen molar-refractivity contribution in [2.45, 2.75) is 18.8 Å². The Balaban J connectivity index is 4.45. The van der Waals surface area contributed by atoms with Gasteiger partial charge in [-0.05, 0) is 6.92 Å². The molecule has 2 atom stereocenters. The first-order chi connectivity index (χ1) is 5.83. The monoisotopic (exact) mass is 209 g/mol. The Kier molecular flexibility index (Phi) is 4.18. The summed E-state index contributed by atoms with van der Waals surface area (Å²) >= 11 is 3.62. The molecule has 6 nitrogen and oxygen atoms in total. The molecule has 0 bridgehead atoms. The van der Waals surface area contributed by atoms with Gasteiger partial charge in [-0.1, -0.05) is 0 Å². The van der Waals surface area contributed by atoms with Gasteiger partial charge in [0.15, 0.2) is 0 Å². The lowest BCUT2D eigenvalue weighted by molar-refractivity contribution is -0.180. The summed E-state index contributed by atoms with van der Waals surface area (Å²) in [6.45, 7) is 1.14. The van der Waals surface area contributed by atoms with Crippen molar-refractivity contribution >= 4 is 24.6 Å². The second-order valence-corrected chi connectivity index (χ2v) is 2.77. The van der Waals surface area contributed by atoms with Gasteiger partial charge in [0.05, 0.1) is 5.75 Å². The molecule has 0 aromatic rings. The number of thiol groups is 1. The maximum atomic E-state index is 10.8. The van der Waals surface area contributed by atoms with Gasteiger partial charge in [0.1, 0.15) is 6.10 Å². The Morgan fingerprint density at radius 2 is 2.15 bits per heavy atom. The van der Waals surface area contributed by atoms with Crippen molar-refractivity contribution in [2.75, 3.05) is 5.75 Å². The summed E-state index contributed by atoms with van der Waals surface area (Å²) in [7, 11) is 0. The van der Waals surface area contributed by atoms with E-state index in [-0.39, 0.29) is 5.75 Å². The molecule has 0 aromatic heterocycles. The summed E-state index contributed by atoms with van der Waals surface area (Å²) < 4.78 is 4.32. The second-order valence-electron chi connectivity index (χ2n) is 2.45. The van der Waals surface area contributed by atoms with Crippen molar-refractivity contribution in [3.8, 4) is 0 Å². The van der Waals surface area contributed by atoms with Crippen molar-refractivity contribution in [1.82, 2.24) is 0 Å². The Bertz CT molecular complexity index is 219. The van der Waals surface area contributed by atoms with Crippen LogP contribution in [-0.2, 0) is 14.3 Å². The Morgan fingerprint density at radius 3 is 2.38 bits per heavy atom. The van der Waals surface area contributed by atoms with E-state index in [1.54, 1.807) is 0 Å². The fourth-order valence-electron chi connectivity index (χ4n) is 0.408. The molecule has 0 amide bonds. The van der Waals surface area contributed by atoms with Gasteiger partial charge >= 0.3 is 11.9 Å². The third-order valence-electron chi connectivity index (χ3n) is 1.22. The van der Waals surface area contributed by atoms with E-state index >= 15 is 0 Å². The standard InChI is InChI=1S/C6H11NO5S/c1-3(8)4(9)12-6(7,2-13)5(10)11/h3,8,13H,2,7H2,1H3,(H,10,11)/t3?,6-/m1/s1. The molecule has 0 aliphatic carbocycles. The van der Waals surface area contributed by atoms with Crippen molar-refractivity contribution in [1.29, 1.82) is 0 Å². The number of carbonyl (C=O) groups is 2. The van der Waals surface area contributed by atoms with E-state index in [4.69, 9.17) is 15.9 Å². The minimum atomic E-state index is -2.18. The molecule has 4 N–H and O–H groups in total. The summed E-state index contributed by atoms with van der Waals surface area (Å²) in [6.07, 6.45) is -1.41. The number of ether oxygens (including phenoxy) is 1. The van der Waals surface area contributed by atoms with Crippen LogP contribution in [0.3, 0.4) is 0 Å². The first-order valence-electron chi connectivity index (χ1n) is 3.37. The predicted molar refractivity (Wildman–Crippen MR) is 46.2 cm³/mol. The molecule has 0 aliphatic rings. The average molecular weight is 209 g/mol. The SMILES string of the molecule is CC(O)C(=O)O[C@](N)(CS)C(=O)O. The predicted octanol–water partition coefficient (Wildman–Crippen LogP) is -1.42. The molecule has 7 heteroatoms. The highest BCUT2D eigenvalue weighted by Gasteiger charge is 2.37. The number of rotatable bonds is 4. The van der Waals surface area contributed by atoms with Crippen LogP contribution in [0.4, 0.5) is 0 Å². The van der Waals surface area contributed by atoms with Crippen LogP contribution in [0.25, 0.3) is 0 Å². The van der Waals surface area contributed by atoms with Crippen LogP contribution in [-0.4, -0.2) is 39.7 Å². The smallest absolute Gasteiger partial charge is 0.364 e. The lowest BCUT2D eigenvalue weighted by Crippen LogP contribution is -2.54. The number of esters is 1. The molecule has 0 aromatic carbocycles. The summed E-state index contributed by atoms with van der Waals surface area (Å²) in [4.78, 5) is 21.2. The highest BCUT2D eigenvalue weighted by molar-refractivity contribution is 7.80. The van der Waals surface area contributed by atoms with Gasteiger partial charge in [0.2, 0.25) is 0 Å². The molecule has 0 rings (SSSR count). The van der Waals surface area contributed by atoms with E-state index in [9.17, 15) is 9.59 Å². The Morgan fingerprint density at radius 1 is 1.69 bits per heavy atom. The fourth-order valence-corrected chi connectivity index (χ4v) is 0.608. The molecule has 0 fully saturated rings. The van der Waals surface area contributed by atoms with Crippen LogP contribution in [0, 0.1) is 0 Å². The maximum absolute atomic E-state index is 10.8. The van der Waals surface area contributed by atoms with Gasteiger partial charge < -0.3 is 14.9 Å². The molecule has 0 radical (unpaired) electrons. The number of carboxylic acids is 1. The van der Waals surface area contributed by atoms with Gasteiger partial charge in [-0.15, -0.1) is 0 Å². The average Bonchev–Trinajstić information content (AvgIpc) is 2.03. The van der Waals surface area contributed by atoms with Crippen LogP contribution < -0.4 is 5.73 Å². The minimum Gasteiger partial charge on any atom is -0.477 e. The number of aliphatic hydroxyl groups is 1. The zero-order valence-corrected chi connectivity index (χ0v) is 7.82. The van der Waals surface area contributed by atoms with E-state index in [2.05, 4.69) is 17.4 Å². The quantitative estimate of drug-likeness (QED) is 0.257. The van der Waals surface area contributed by atoms with Crippen LogP contribution in [0.1, 0.15) is 6.92 Å². The molecule has 0 saturated carbocycles. The topological polar surface area (TPSA) is 110 Å². The summed E-state index contributed by atoms with van der Waals surface area (Å²) in [5, 5.41) is 17.2. The number of aliphatic carboxylic acids is 1. The van der Waals surface area contributed by atoms with E-state index < -0.39 is 23.8 Å². The van der Waals surface area contributed by atoms with Crippen LogP contribution in [0.2, 0.25) is 0 Å². The van der Waals surface area contributed by atoms with Gasteiger partial charge in [-0.25, -0.2) is 9.59 Å². The van der Waals surface area contributed by atoms with Crippen LogP contribution in [0.15, 0.2) is 0 Å². The van der Waals surface area contributed by atoms with E-state index in [1.807, 2.05) is 0 Å². The summed E-state index contributed by atoms with van der Waals surface area (Å²) in [6, 6.07) is 0. The fraction of sp³-hybridized carbons (Fsp3) is 0.667. The van der Waals surface area contributed by atoms with Gasteiger partial charge in [0.25, 0.3) is 5.72 Å². The highest BCUT2D eigenvalue weighted by atomic mass is 32.1. The molecule has 0 heterocycles. The van der Waals surface area contributed by atoms with Gasteiger partial charge in [-0.2, -0.15) is 12.6 Å². The van der Waals surface area contributed by atoms with E-state index in [0.29, 0.717) is 0 Å². The lowest BCUT2D eigenvalue weighted by Gasteiger charge is -2.23. The van der Waals surface area contributed by atoms with Crippen molar-refractivity contribution in [2.24, 2.45) is 5.73 Å². The second kappa shape index (κ2) is 4.45. The zero-order chi connectivity index (χ0) is 10.6. The largest absolute Gasteiger partial charge is 0.477 e. The molecule has 76 valence electrons. The molecule has 13 heavy (non-hydrogen) atoms. The molecular weight excluding hydrogens is 198 g/mol. The van der Waals surface area contributed by atoms with Gasteiger partial charge in [0, 0.05) is 0 Å². The van der Waals surface area contributed by atoms with E-state index in [0.717, 1.165) is 6.92 Å². The summed E-state index contributed by atoms with van der Waals surface area (Å²) in [5.41, 5.74) is 2.97.